The lowest BCUT2D eigenvalue weighted by Gasteiger charge is -2.03. The van der Waals surface area contributed by atoms with Crippen LogP contribution >= 0.6 is 0 Å². The Morgan fingerprint density at radius 1 is 0.821 bits per heavy atom. The monoisotopic (exact) mass is 400 g/mol. The molecule has 0 radical (unpaired) electrons. The molecule has 0 fully saturated rings. The molecule has 10 nitrogen and oxygen atoms in total. The van der Waals surface area contributed by atoms with Crippen LogP contribution in [-0.4, -0.2) is 60.4 Å². The fraction of sp³-hybridized carbons (Fsp3) is 0.444. The molecule has 156 valence electrons. The third-order valence-electron chi connectivity index (χ3n) is 2.51. The number of carboxylic acid groups (broad SMARTS) is 1. The van der Waals surface area contributed by atoms with Gasteiger partial charge in [0.15, 0.2) is 0 Å². The number of carbonyl (C=O) groups excluding carboxylic acids is 5. The summed E-state index contributed by atoms with van der Waals surface area (Å²) < 4.78 is 13.7. The molecular formula is C18H24O10. The van der Waals surface area contributed by atoms with E-state index in [2.05, 4.69) is 27.4 Å². The Kier molecular flexibility index (Phi) is 15.3. The molecule has 0 aromatic carbocycles. The summed E-state index contributed by atoms with van der Waals surface area (Å²) in [5.41, 5.74) is -0.0272. The van der Waals surface area contributed by atoms with Gasteiger partial charge in [-0.25, -0.2) is 9.59 Å². The molecule has 1 N–H and O–H groups in total. The molecule has 0 spiro atoms. The highest BCUT2D eigenvalue weighted by atomic mass is 16.6. The van der Waals surface area contributed by atoms with E-state index in [1.165, 1.54) is 13.8 Å². The third-order valence-corrected chi connectivity index (χ3v) is 2.51. The van der Waals surface area contributed by atoms with Gasteiger partial charge in [-0.15, -0.1) is 0 Å². The quantitative estimate of drug-likeness (QED) is 0.164. The molecule has 0 aromatic rings. The molecule has 10 heteroatoms. The number of carboxylic acids is 1. The smallest absolute Gasteiger partial charge is 0.331 e. The van der Waals surface area contributed by atoms with Crippen LogP contribution in [0.15, 0.2) is 24.8 Å². The first kappa shape index (κ1) is 26.9. The van der Waals surface area contributed by atoms with Crippen LogP contribution in [0.1, 0.15) is 33.1 Å². The maximum absolute atomic E-state index is 10.8. The second-order valence-corrected chi connectivity index (χ2v) is 5.23. The van der Waals surface area contributed by atoms with Crippen LogP contribution in [0.5, 0.6) is 0 Å². The van der Waals surface area contributed by atoms with Gasteiger partial charge in [0.25, 0.3) is 0 Å². The Morgan fingerprint density at radius 3 is 1.64 bits per heavy atom. The van der Waals surface area contributed by atoms with Crippen molar-refractivity contribution >= 4 is 35.4 Å². The number of ketones is 2. The Bertz CT molecular complexity index is 616. The summed E-state index contributed by atoms with van der Waals surface area (Å²) in [7, 11) is 0. The molecular weight excluding hydrogens is 376 g/mol. The molecule has 0 amide bonds. The van der Waals surface area contributed by atoms with Gasteiger partial charge >= 0.3 is 23.9 Å². The minimum atomic E-state index is -1.12. The Hall–Kier alpha value is -3.30. The fourth-order valence-electron chi connectivity index (χ4n) is 1.26. The summed E-state index contributed by atoms with van der Waals surface area (Å²) in [5, 5.41) is 8.40. The number of hydrogen-bond acceptors (Lipinski definition) is 9. The standard InChI is InChI=1S/2C9H12O5/c1-6(9(12)13)3-4-14-8(11)5-7(2)10;1-3-8(11)13-4-5-14-9(12)6-7(2)10/h1,3-5H2,2H3,(H,12,13);3H,1,4-6H2,2H3. The maximum atomic E-state index is 10.8. The summed E-state index contributed by atoms with van der Waals surface area (Å²) in [6.45, 7) is 8.87. The number of ether oxygens (including phenoxy) is 3. The highest BCUT2D eigenvalue weighted by Gasteiger charge is 2.08. The van der Waals surface area contributed by atoms with Gasteiger partial charge in [-0.1, -0.05) is 13.2 Å². The van der Waals surface area contributed by atoms with E-state index in [1.54, 1.807) is 0 Å². The van der Waals surface area contributed by atoms with Crippen LogP contribution < -0.4 is 0 Å². The summed E-state index contributed by atoms with van der Waals surface area (Å²) >= 11 is 0. The molecule has 0 aromatic heterocycles. The van der Waals surface area contributed by atoms with E-state index in [0.29, 0.717) is 0 Å². The minimum absolute atomic E-state index is 0.0272. The van der Waals surface area contributed by atoms with Crippen LogP contribution in [0.25, 0.3) is 0 Å². The van der Waals surface area contributed by atoms with E-state index >= 15 is 0 Å². The Labute approximate surface area is 162 Å². The van der Waals surface area contributed by atoms with Crippen molar-refractivity contribution in [3.8, 4) is 0 Å². The Morgan fingerprint density at radius 2 is 1.25 bits per heavy atom. The zero-order valence-electron chi connectivity index (χ0n) is 15.9. The summed E-state index contributed by atoms with van der Waals surface area (Å²) in [6, 6.07) is 0. The topological polar surface area (TPSA) is 150 Å². The van der Waals surface area contributed by atoms with E-state index in [9.17, 15) is 28.8 Å². The average Bonchev–Trinajstić information content (AvgIpc) is 2.57. The van der Waals surface area contributed by atoms with Crippen LogP contribution in [0.3, 0.4) is 0 Å². The molecule has 0 aliphatic heterocycles. The molecule has 28 heavy (non-hydrogen) atoms. The van der Waals surface area contributed by atoms with Crippen LogP contribution in [0, 0.1) is 0 Å². The SMILES string of the molecule is C=C(CCOC(=O)CC(C)=O)C(=O)O.C=CC(=O)OCCOC(=O)CC(C)=O. The normalized spacial score (nSPS) is 9.07. The predicted molar refractivity (Wildman–Crippen MR) is 95.1 cm³/mol. The lowest BCUT2D eigenvalue weighted by atomic mass is 10.2. The van der Waals surface area contributed by atoms with Crippen molar-refractivity contribution in [2.75, 3.05) is 19.8 Å². The number of esters is 3. The lowest BCUT2D eigenvalue weighted by molar-refractivity contribution is -0.151. The number of carbonyl (C=O) groups is 6. The highest BCUT2D eigenvalue weighted by molar-refractivity contribution is 5.94. The molecule has 0 saturated heterocycles. The minimum Gasteiger partial charge on any atom is -0.478 e. The Balaban J connectivity index is 0. The summed E-state index contributed by atoms with van der Waals surface area (Å²) in [4.78, 5) is 63.2. The van der Waals surface area contributed by atoms with Gasteiger partial charge in [-0.05, 0) is 13.8 Å². The fourth-order valence-corrected chi connectivity index (χ4v) is 1.26. The van der Waals surface area contributed by atoms with Gasteiger partial charge in [0, 0.05) is 18.1 Å². The van der Waals surface area contributed by atoms with E-state index in [-0.39, 0.29) is 56.2 Å². The first-order chi connectivity index (χ1) is 13.0. The van der Waals surface area contributed by atoms with Gasteiger partial charge in [-0.3, -0.25) is 19.2 Å². The first-order valence-corrected chi connectivity index (χ1v) is 7.99. The van der Waals surface area contributed by atoms with E-state index < -0.39 is 23.9 Å². The van der Waals surface area contributed by atoms with Gasteiger partial charge in [0.1, 0.15) is 37.6 Å². The van der Waals surface area contributed by atoms with Crippen molar-refractivity contribution in [1.82, 2.24) is 0 Å². The highest BCUT2D eigenvalue weighted by Crippen LogP contribution is 1.99. The van der Waals surface area contributed by atoms with Crippen molar-refractivity contribution < 1.29 is 48.1 Å². The van der Waals surface area contributed by atoms with Gasteiger partial charge in [0.2, 0.25) is 0 Å². The van der Waals surface area contributed by atoms with Crippen molar-refractivity contribution in [3.05, 3.63) is 24.8 Å². The molecule has 0 aliphatic carbocycles. The van der Waals surface area contributed by atoms with E-state index in [4.69, 9.17) is 5.11 Å². The van der Waals surface area contributed by atoms with Crippen molar-refractivity contribution in [2.45, 2.75) is 33.1 Å². The second-order valence-electron chi connectivity index (χ2n) is 5.23. The zero-order chi connectivity index (χ0) is 22.1. The second kappa shape index (κ2) is 15.9. The average molecular weight is 400 g/mol. The number of Topliss-reactive ketones (excluding diaryl/α,β-unsaturated/α-hetero) is 2. The van der Waals surface area contributed by atoms with Crippen LogP contribution in [-0.2, 0) is 43.0 Å². The van der Waals surface area contributed by atoms with Gasteiger partial charge < -0.3 is 19.3 Å². The largest absolute Gasteiger partial charge is 0.478 e. The third kappa shape index (κ3) is 19.0. The first-order valence-electron chi connectivity index (χ1n) is 7.99. The number of rotatable bonds is 12. The summed E-state index contributed by atoms with van der Waals surface area (Å²) in [6.07, 6.45) is 0.547. The van der Waals surface area contributed by atoms with Crippen LogP contribution in [0.4, 0.5) is 0 Å². The lowest BCUT2D eigenvalue weighted by Crippen LogP contribution is -2.14. The summed E-state index contributed by atoms with van der Waals surface area (Å²) in [5.74, 6) is -3.51. The van der Waals surface area contributed by atoms with Crippen molar-refractivity contribution in [1.29, 1.82) is 0 Å². The maximum Gasteiger partial charge on any atom is 0.331 e. The molecule has 0 aliphatic rings. The molecule has 0 saturated carbocycles. The number of hydrogen-bond donors (Lipinski definition) is 1. The van der Waals surface area contributed by atoms with Gasteiger partial charge in [0.05, 0.1) is 6.61 Å². The predicted octanol–water partition coefficient (Wildman–Crippen LogP) is 0.777. The van der Waals surface area contributed by atoms with E-state index in [0.717, 1.165) is 6.08 Å². The van der Waals surface area contributed by atoms with E-state index in [1.807, 2.05) is 0 Å². The van der Waals surface area contributed by atoms with Crippen molar-refractivity contribution in [3.63, 3.8) is 0 Å². The molecule has 0 rings (SSSR count). The zero-order valence-corrected chi connectivity index (χ0v) is 15.9. The molecule has 0 unspecified atom stereocenters. The van der Waals surface area contributed by atoms with Crippen molar-refractivity contribution in [2.24, 2.45) is 0 Å². The molecule has 0 atom stereocenters. The van der Waals surface area contributed by atoms with Gasteiger partial charge in [-0.2, -0.15) is 0 Å². The number of aliphatic carboxylic acids is 1. The molecule has 0 bridgehead atoms. The van der Waals surface area contributed by atoms with Crippen LogP contribution in [0.2, 0.25) is 0 Å². The molecule has 0 heterocycles.